The van der Waals surface area contributed by atoms with Gasteiger partial charge in [-0.25, -0.2) is 9.37 Å². The Morgan fingerprint density at radius 1 is 1.00 bits per heavy atom. The second kappa shape index (κ2) is 10.3. The minimum Gasteiger partial charge on any atom is -0.366 e. The van der Waals surface area contributed by atoms with Gasteiger partial charge in [0.2, 0.25) is 11.8 Å². The van der Waals surface area contributed by atoms with Crippen LogP contribution in [-0.4, -0.2) is 31.6 Å². The van der Waals surface area contributed by atoms with Gasteiger partial charge in [-0.2, -0.15) is 5.10 Å². The molecular formula is C28H23FN6O2. The molecule has 9 heteroatoms. The fourth-order valence-electron chi connectivity index (χ4n) is 4.15. The molecule has 8 nitrogen and oxygen atoms in total. The summed E-state index contributed by atoms with van der Waals surface area (Å²) in [6.07, 6.45) is 5.77. The summed E-state index contributed by atoms with van der Waals surface area (Å²) in [5.74, 6) is -0.657. The first-order chi connectivity index (χ1) is 18.0. The van der Waals surface area contributed by atoms with E-state index in [1.165, 1.54) is 24.3 Å². The van der Waals surface area contributed by atoms with Crippen LogP contribution in [0.3, 0.4) is 0 Å². The molecule has 2 heterocycles. The van der Waals surface area contributed by atoms with Crippen molar-refractivity contribution in [3.05, 3.63) is 108 Å². The molecule has 0 aliphatic carbocycles. The lowest BCUT2D eigenvalue weighted by atomic mass is 9.96. The van der Waals surface area contributed by atoms with Crippen LogP contribution in [0.25, 0.3) is 28.2 Å². The van der Waals surface area contributed by atoms with Gasteiger partial charge >= 0.3 is 0 Å². The number of aryl methyl sites for hydroxylation is 1. The first kappa shape index (κ1) is 23.7. The molecule has 2 aromatic heterocycles. The third-order valence-electron chi connectivity index (χ3n) is 5.89. The molecular weight excluding hydrogens is 471 g/mol. The maximum atomic E-state index is 13.2. The van der Waals surface area contributed by atoms with Crippen molar-refractivity contribution in [2.45, 2.75) is 12.8 Å². The predicted molar refractivity (Wildman–Crippen MR) is 138 cm³/mol. The summed E-state index contributed by atoms with van der Waals surface area (Å²) in [6, 6.07) is 20.5. The molecule has 184 valence electrons. The normalized spacial score (nSPS) is 10.8. The highest BCUT2D eigenvalue weighted by atomic mass is 19.1. The summed E-state index contributed by atoms with van der Waals surface area (Å²) in [7, 11) is 0. The van der Waals surface area contributed by atoms with Crippen LogP contribution >= 0.6 is 0 Å². The van der Waals surface area contributed by atoms with Crippen LogP contribution < -0.4 is 11.1 Å². The molecule has 37 heavy (non-hydrogen) atoms. The van der Waals surface area contributed by atoms with E-state index in [1.54, 1.807) is 24.5 Å². The molecule has 4 N–H and O–H groups in total. The quantitative estimate of drug-likeness (QED) is 0.289. The van der Waals surface area contributed by atoms with Gasteiger partial charge in [0.15, 0.2) is 0 Å². The number of halogens is 1. The Hall–Kier alpha value is -5.05. The van der Waals surface area contributed by atoms with Crippen molar-refractivity contribution in [1.82, 2.24) is 19.7 Å². The Morgan fingerprint density at radius 3 is 2.49 bits per heavy atom. The molecule has 0 saturated heterocycles. The molecule has 0 atom stereocenters. The number of nitrogens with two attached hydrogens (primary N) is 1. The number of anilines is 1. The second-order valence-corrected chi connectivity index (χ2v) is 8.40. The number of imidazole rings is 1. The Balaban J connectivity index is 1.53. The summed E-state index contributed by atoms with van der Waals surface area (Å²) in [4.78, 5) is 29.9. The van der Waals surface area contributed by atoms with Gasteiger partial charge in [0, 0.05) is 41.3 Å². The lowest BCUT2D eigenvalue weighted by Gasteiger charge is -2.14. The average molecular weight is 495 g/mol. The van der Waals surface area contributed by atoms with Gasteiger partial charge in [0.1, 0.15) is 11.6 Å². The number of amides is 2. The summed E-state index contributed by atoms with van der Waals surface area (Å²) < 4.78 is 15.0. The van der Waals surface area contributed by atoms with E-state index in [0.717, 1.165) is 16.8 Å². The third-order valence-corrected chi connectivity index (χ3v) is 5.89. The van der Waals surface area contributed by atoms with Crippen molar-refractivity contribution in [1.29, 1.82) is 0 Å². The van der Waals surface area contributed by atoms with Crippen molar-refractivity contribution in [2.75, 3.05) is 5.32 Å². The van der Waals surface area contributed by atoms with Crippen molar-refractivity contribution >= 4 is 17.5 Å². The summed E-state index contributed by atoms with van der Waals surface area (Å²) in [5.41, 5.74) is 10.2. The minimum absolute atomic E-state index is 0.161. The van der Waals surface area contributed by atoms with E-state index in [1.807, 2.05) is 47.2 Å². The first-order valence-electron chi connectivity index (χ1n) is 11.6. The second-order valence-electron chi connectivity index (χ2n) is 8.40. The van der Waals surface area contributed by atoms with Gasteiger partial charge in [-0.05, 0) is 54.4 Å². The molecule has 0 fully saturated rings. The molecule has 3 aromatic carbocycles. The average Bonchev–Trinajstić information content (AvgIpc) is 3.59. The van der Waals surface area contributed by atoms with E-state index in [4.69, 9.17) is 10.7 Å². The van der Waals surface area contributed by atoms with Crippen LogP contribution in [0.4, 0.5) is 10.1 Å². The number of benzene rings is 3. The van der Waals surface area contributed by atoms with Crippen LogP contribution in [0.5, 0.6) is 0 Å². The fraction of sp³-hybridized carbons (Fsp3) is 0.0714. The zero-order valence-corrected chi connectivity index (χ0v) is 19.7. The number of aromatic amines is 1. The summed E-state index contributed by atoms with van der Waals surface area (Å²) in [5, 5.41) is 9.62. The number of primary amides is 1. The summed E-state index contributed by atoms with van der Waals surface area (Å²) in [6.45, 7) is 0. The van der Waals surface area contributed by atoms with Gasteiger partial charge in [0.05, 0.1) is 17.5 Å². The van der Waals surface area contributed by atoms with Crippen molar-refractivity contribution < 1.29 is 14.0 Å². The van der Waals surface area contributed by atoms with Gasteiger partial charge in [-0.1, -0.05) is 30.3 Å². The van der Waals surface area contributed by atoms with E-state index in [0.29, 0.717) is 34.8 Å². The molecule has 2 amide bonds. The van der Waals surface area contributed by atoms with E-state index in [9.17, 15) is 14.0 Å². The molecule has 5 aromatic rings. The van der Waals surface area contributed by atoms with Gasteiger partial charge in [-0.3, -0.25) is 19.3 Å². The summed E-state index contributed by atoms with van der Waals surface area (Å²) >= 11 is 0. The van der Waals surface area contributed by atoms with Crippen LogP contribution in [0.2, 0.25) is 0 Å². The monoisotopic (exact) mass is 494 g/mol. The Labute approximate surface area is 212 Å². The van der Waals surface area contributed by atoms with Crippen LogP contribution in [-0.2, 0) is 11.2 Å². The minimum atomic E-state index is -0.580. The number of aromatic nitrogens is 4. The van der Waals surface area contributed by atoms with E-state index in [2.05, 4.69) is 15.5 Å². The molecule has 0 saturated carbocycles. The van der Waals surface area contributed by atoms with E-state index >= 15 is 0 Å². The van der Waals surface area contributed by atoms with Gasteiger partial charge in [-0.15, -0.1) is 0 Å². The molecule has 0 spiro atoms. The Bertz CT molecular complexity index is 1540. The molecule has 0 aliphatic heterocycles. The predicted octanol–water partition coefficient (Wildman–Crippen LogP) is 4.74. The number of hydrogen-bond donors (Lipinski definition) is 3. The molecule has 0 radical (unpaired) electrons. The number of carbonyl (C=O) groups excluding carboxylic acids is 2. The van der Waals surface area contributed by atoms with Crippen LogP contribution in [0.15, 0.2) is 91.4 Å². The number of rotatable bonds is 8. The van der Waals surface area contributed by atoms with Gasteiger partial charge < -0.3 is 11.1 Å². The molecule has 5 rings (SSSR count). The smallest absolute Gasteiger partial charge is 0.249 e. The van der Waals surface area contributed by atoms with Crippen molar-refractivity contribution in [3.8, 4) is 28.2 Å². The zero-order chi connectivity index (χ0) is 25.8. The molecule has 0 unspecified atom stereocenters. The van der Waals surface area contributed by atoms with Crippen LogP contribution in [0.1, 0.15) is 22.5 Å². The highest BCUT2D eigenvalue weighted by molar-refractivity contribution is 6.03. The maximum absolute atomic E-state index is 13.2. The number of para-hydroxylation sites is 1. The molecule has 0 bridgehead atoms. The number of carbonyl (C=O) groups is 2. The lowest BCUT2D eigenvalue weighted by Crippen LogP contribution is -2.14. The van der Waals surface area contributed by atoms with E-state index < -0.39 is 5.91 Å². The SMILES string of the molecule is NC(=O)c1cccc(-c2cn[nH]c2)c1-c1nc(CCC(=O)Nc2ccc(F)cc2)cn1-c1ccccc1. The van der Waals surface area contributed by atoms with Crippen LogP contribution in [0, 0.1) is 5.82 Å². The Morgan fingerprint density at radius 2 is 1.78 bits per heavy atom. The number of H-pyrrole nitrogens is 1. The topological polar surface area (TPSA) is 119 Å². The Kier molecular flexibility index (Phi) is 6.58. The number of nitrogens with one attached hydrogen (secondary N) is 2. The maximum Gasteiger partial charge on any atom is 0.249 e. The third kappa shape index (κ3) is 5.15. The van der Waals surface area contributed by atoms with Crippen molar-refractivity contribution in [3.63, 3.8) is 0 Å². The zero-order valence-electron chi connectivity index (χ0n) is 19.7. The number of hydrogen-bond acceptors (Lipinski definition) is 4. The molecule has 0 aliphatic rings. The lowest BCUT2D eigenvalue weighted by molar-refractivity contribution is -0.116. The standard InChI is InChI=1S/C28H23FN6O2/c29-19-9-11-20(12-10-19)33-25(36)14-13-21-17-35(22-5-2-1-3-6-22)28(34-21)26-23(18-15-31-32-16-18)7-4-8-24(26)27(30)37/h1-12,15-17H,13-14H2,(H2,30,37)(H,31,32)(H,33,36). The van der Waals surface area contributed by atoms with E-state index in [-0.39, 0.29) is 18.1 Å². The largest absolute Gasteiger partial charge is 0.366 e. The number of nitrogens with zero attached hydrogens (tertiary/aromatic N) is 3. The highest BCUT2D eigenvalue weighted by Crippen LogP contribution is 2.35. The van der Waals surface area contributed by atoms with Crippen molar-refractivity contribution in [2.24, 2.45) is 5.73 Å². The van der Waals surface area contributed by atoms with Gasteiger partial charge in [0.25, 0.3) is 0 Å². The highest BCUT2D eigenvalue weighted by Gasteiger charge is 2.22. The fourth-order valence-corrected chi connectivity index (χ4v) is 4.15. The first-order valence-corrected chi connectivity index (χ1v) is 11.6.